The molecule has 0 aromatic heterocycles. The van der Waals surface area contributed by atoms with Crippen LogP contribution in [0, 0.1) is 11.3 Å². The lowest BCUT2D eigenvalue weighted by Crippen LogP contribution is -2.49. The van der Waals surface area contributed by atoms with E-state index in [1.54, 1.807) is 14.2 Å². The molecule has 1 amide bonds. The maximum Gasteiger partial charge on any atom is 0.220 e. The van der Waals surface area contributed by atoms with E-state index in [2.05, 4.69) is 41.3 Å². The van der Waals surface area contributed by atoms with Gasteiger partial charge in [0.15, 0.2) is 5.96 Å². The molecule has 1 rings (SSSR count). The molecule has 142 valence electrons. The van der Waals surface area contributed by atoms with Crippen molar-refractivity contribution >= 4 is 35.8 Å². The predicted octanol–water partition coefficient (Wildman–Crippen LogP) is 2.09. The highest BCUT2D eigenvalue weighted by atomic mass is 127. The highest BCUT2D eigenvalue weighted by Gasteiger charge is 2.26. The molecule has 24 heavy (non-hydrogen) atoms. The third kappa shape index (κ3) is 7.55. The SMILES string of the molecule is CN=C(NCC(OC)C(C)(C)C)N1CCC(CC(=O)NC)CC1.I. The topological polar surface area (TPSA) is 66.0 Å². The van der Waals surface area contributed by atoms with Crippen molar-refractivity contribution < 1.29 is 9.53 Å². The number of piperidine rings is 1. The lowest BCUT2D eigenvalue weighted by Gasteiger charge is -2.36. The zero-order chi connectivity index (χ0) is 17.5. The molecule has 0 aromatic carbocycles. The Morgan fingerprint density at radius 3 is 2.33 bits per heavy atom. The van der Waals surface area contributed by atoms with Crippen LogP contribution in [-0.4, -0.2) is 63.7 Å². The van der Waals surface area contributed by atoms with Crippen LogP contribution in [0.2, 0.25) is 0 Å². The van der Waals surface area contributed by atoms with Gasteiger partial charge in [0.1, 0.15) is 0 Å². The number of nitrogens with one attached hydrogen (secondary N) is 2. The Labute approximate surface area is 164 Å². The van der Waals surface area contributed by atoms with Crippen LogP contribution >= 0.6 is 24.0 Å². The maximum absolute atomic E-state index is 11.5. The van der Waals surface area contributed by atoms with E-state index in [1.165, 1.54) is 0 Å². The van der Waals surface area contributed by atoms with E-state index in [1.807, 2.05) is 7.05 Å². The summed E-state index contributed by atoms with van der Waals surface area (Å²) >= 11 is 0. The standard InChI is InChI=1S/C17H34N4O2.HI/c1-17(2,3)14(23-6)12-20-16(19-5)21-9-7-13(8-10-21)11-15(22)18-4;/h13-14H,7-12H2,1-6H3,(H,18,22)(H,19,20);1H. The molecule has 1 heterocycles. The quantitative estimate of drug-likeness (QED) is 0.380. The Morgan fingerprint density at radius 1 is 1.33 bits per heavy atom. The molecule has 6 nitrogen and oxygen atoms in total. The molecule has 1 unspecified atom stereocenters. The number of carbonyl (C=O) groups excluding carboxylic acids is 1. The molecule has 1 fully saturated rings. The van der Waals surface area contributed by atoms with E-state index in [0.717, 1.165) is 38.4 Å². The summed E-state index contributed by atoms with van der Waals surface area (Å²) in [5.41, 5.74) is 0.0844. The van der Waals surface area contributed by atoms with E-state index in [-0.39, 0.29) is 41.4 Å². The number of carbonyl (C=O) groups is 1. The number of aliphatic imine (C=N–C) groups is 1. The summed E-state index contributed by atoms with van der Waals surface area (Å²) in [4.78, 5) is 18.2. The highest BCUT2D eigenvalue weighted by molar-refractivity contribution is 14.0. The second kappa shape index (κ2) is 11.1. The van der Waals surface area contributed by atoms with Crippen molar-refractivity contribution in [3.63, 3.8) is 0 Å². The van der Waals surface area contributed by atoms with Crippen molar-refractivity contribution in [2.45, 2.75) is 46.1 Å². The summed E-state index contributed by atoms with van der Waals surface area (Å²) in [7, 11) is 5.27. The monoisotopic (exact) mass is 454 g/mol. The summed E-state index contributed by atoms with van der Waals surface area (Å²) in [6.07, 6.45) is 2.82. The number of rotatable bonds is 5. The molecule has 0 saturated carbocycles. The van der Waals surface area contributed by atoms with E-state index in [4.69, 9.17) is 4.74 Å². The minimum absolute atomic E-state index is 0. The summed E-state index contributed by atoms with van der Waals surface area (Å²) in [6, 6.07) is 0. The van der Waals surface area contributed by atoms with Crippen molar-refractivity contribution in [2.24, 2.45) is 16.3 Å². The lowest BCUT2D eigenvalue weighted by molar-refractivity contribution is -0.121. The Bertz CT molecular complexity index is 402. The summed E-state index contributed by atoms with van der Waals surface area (Å²) < 4.78 is 5.59. The molecule has 1 aliphatic heterocycles. The van der Waals surface area contributed by atoms with E-state index < -0.39 is 0 Å². The molecular weight excluding hydrogens is 419 g/mol. The lowest BCUT2D eigenvalue weighted by atomic mass is 9.89. The van der Waals surface area contributed by atoms with Crippen molar-refractivity contribution in [1.29, 1.82) is 0 Å². The fraction of sp³-hybridized carbons (Fsp3) is 0.882. The first kappa shape index (κ1) is 23.4. The summed E-state index contributed by atoms with van der Waals surface area (Å²) in [5, 5.41) is 6.14. The van der Waals surface area contributed by atoms with Crippen molar-refractivity contribution in [3.8, 4) is 0 Å². The fourth-order valence-electron chi connectivity index (χ4n) is 2.97. The molecule has 2 N–H and O–H groups in total. The van der Waals surface area contributed by atoms with E-state index in [0.29, 0.717) is 12.3 Å². The van der Waals surface area contributed by atoms with Crippen LogP contribution in [0.5, 0.6) is 0 Å². The number of ether oxygens (including phenoxy) is 1. The maximum atomic E-state index is 11.5. The molecular formula is C17H35IN4O2. The van der Waals surface area contributed by atoms with Gasteiger partial charge in [0, 0.05) is 47.3 Å². The second-order valence-corrected chi connectivity index (χ2v) is 7.33. The van der Waals surface area contributed by atoms with E-state index in [9.17, 15) is 4.79 Å². The normalized spacial score (nSPS) is 17.9. The van der Waals surface area contributed by atoms with E-state index >= 15 is 0 Å². The fourth-order valence-corrected chi connectivity index (χ4v) is 2.97. The van der Waals surface area contributed by atoms with Crippen LogP contribution in [0.3, 0.4) is 0 Å². The zero-order valence-corrected chi connectivity index (χ0v) is 18.3. The number of nitrogens with zero attached hydrogens (tertiary/aromatic N) is 2. The minimum Gasteiger partial charge on any atom is -0.379 e. The first-order chi connectivity index (χ1) is 10.8. The van der Waals surface area contributed by atoms with Gasteiger partial charge >= 0.3 is 0 Å². The van der Waals surface area contributed by atoms with Crippen molar-refractivity contribution in [2.75, 3.05) is 40.8 Å². The van der Waals surface area contributed by atoms with Crippen LogP contribution in [-0.2, 0) is 9.53 Å². The molecule has 0 aliphatic carbocycles. The van der Waals surface area contributed by atoms with Crippen LogP contribution in [0.15, 0.2) is 4.99 Å². The third-order valence-electron chi connectivity index (χ3n) is 4.57. The first-order valence-corrected chi connectivity index (χ1v) is 8.50. The minimum atomic E-state index is 0. The van der Waals surface area contributed by atoms with Crippen molar-refractivity contribution in [1.82, 2.24) is 15.5 Å². The predicted molar refractivity (Wildman–Crippen MR) is 110 cm³/mol. The zero-order valence-electron chi connectivity index (χ0n) is 16.0. The van der Waals surface area contributed by atoms with Gasteiger partial charge in [-0.25, -0.2) is 0 Å². The molecule has 1 aliphatic rings. The highest BCUT2D eigenvalue weighted by Crippen LogP contribution is 2.22. The van der Waals surface area contributed by atoms with Gasteiger partial charge in [-0.2, -0.15) is 0 Å². The number of hydrogen-bond donors (Lipinski definition) is 2. The molecule has 0 aromatic rings. The third-order valence-corrected chi connectivity index (χ3v) is 4.57. The average Bonchev–Trinajstić information content (AvgIpc) is 2.51. The number of halogens is 1. The van der Waals surface area contributed by atoms with Gasteiger partial charge in [0.2, 0.25) is 5.91 Å². The van der Waals surface area contributed by atoms with Gasteiger partial charge in [0.05, 0.1) is 6.10 Å². The largest absolute Gasteiger partial charge is 0.379 e. The number of hydrogen-bond acceptors (Lipinski definition) is 3. The van der Waals surface area contributed by atoms with Crippen LogP contribution in [0.25, 0.3) is 0 Å². The molecule has 0 radical (unpaired) electrons. The van der Waals surface area contributed by atoms with Gasteiger partial charge in [-0.05, 0) is 24.2 Å². The van der Waals surface area contributed by atoms with Crippen molar-refractivity contribution in [3.05, 3.63) is 0 Å². The Kier molecular flexibility index (Phi) is 10.9. The average molecular weight is 454 g/mol. The van der Waals surface area contributed by atoms with Gasteiger partial charge in [-0.1, -0.05) is 20.8 Å². The Hall–Kier alpha value is -0.570. The van der Waals surface area contributed by atoms with Crippen LogP contribution in [0.4, 0.5) is 0 Å². The second-order valence-electron chi connectivity index (χ2n) is 7.33. The Balaban J connectivity index is 0.00000529. The summed E-state index contributed by atoms with van der Waals surface area (Å²) in [6.45, 7) is 9.15. The molecule has 7 heteroatoms. The number of amides is 1. The number of methoxy groups -OCH3 is 1. The molecule has 1 atom stereocenters. The smallest absolute Gasteiger partial charge is 0.220 e. The van der Waals surface area contributed by atoms with Gasteiger partial charge < -0.3 is 20.3 Å². The van der Waals surface area contributed by atoms with Gasteiger partial charge in [0.25, 0.3) is 0 Å². The van der Waals surface area contributed by atoms with Gasteiger partial charge in [-0.15, -0.1) is 24.0 Å². The summed E-state index contributed by atoms with van der Waals surface area (Å²) in [5.74, 6) is 1.54. The van der Waals surface area contributed by atoms with Crippen LogP contribution < -0.4 is 10.6 Å². The number of guanidine groups is 1. The van der Waals surface area contributed by atoms with Crippen LogP contribution in [0.1, 0.15) is 40.0 Å². The molecule has 0 spiro atoms. The molecule has 1 saturated heterocycles. The Morgan fingerprint density at radius 2 is 1.92 bits per heavy atom. The molecule has 0 bridgehead atoms. The van der Waals surface area contributed by atoms with Gasteiger partial charge in [-0.3, -0.25) is 9.79 Å². The number of likely N-dealkylation sites (tertiary alicyclic amines) is 1. The first-order valence-electron chi connectivity index (χ1n) is 8.50.